The summed E-state index contributed by atoms with van der Waals surface area (Å²) in [5.74, 6) is -0.574. The van der Waals surface area contributed by atoms with E-state index in [0.29, 0.717) is 21.3 Å². The number of unbranched alkanes of at least 4 members (excludes halogenated alkanes) is 1. The largest absolute Gasteiger partial charge is 0.482 e. The Bertz CT molecular complexity index is 1140. The fraction of sp³-hybridized carbons (Fsp3) is 0.261. The molecule has 0 spiro atoms. The monoisotopic (exact) mass is 528 g/mol. The second-order valence-electron chi connectivity index (χ2n) is 7.29. The fourth-order valence-corrected chi connectivity index (χ4v) is 4.55. The minimum absolute atomic E-state index is 0.00104. The van der Waals surface area contributed by atoms with Crippen LogP contribution >= 0.6 is 35.6 Å². The fourth-order valence-electron chi connectivity index (χ4n) is 3.00. The summed E-state index contributed by atoms with van der Waals surface area (Å²) in [5, 5.41) is 2.57. The third-order valence-electron chi connectivity index (χ3n) is 4.69. The van der Waals surface area contributed by atoms with E-state index in [9.17, 15) is 22.8 Å². The molecule has 11 heteroatoms. The van der Waals surface area contributed by atoms with Crippen LogP contribution in [0.25, 0.3) is 6.08 Å². The van der Waals surface area contributed by atoms with Gasteiger partial charge in [-0.05, 0) is 48.4 Å². The second-order valence-corrected chi connectivity index (χ2v) is 9.38. The van der Waals surface area contributed by atoms with Crippen LogP contribution in [0, 0.1) is 0 Å². The number of hydrogen-bond acceptors (Lipinski definition) is 5. The second kappa shape index (κ2) is 11.2. The molecule has 1 saturated heterocycles. The summed E-state index contributed by atoms with van der Waals surface area (Å²) in [6, 6.07) is 9.10. The van der Waals surface area contributed by atoms with Gasteiger partial charge in [0.25, 0.3) is 11.8 Å². The van der Waals surface area contributed by atoms with Gasteiger partial charge in [0.1, 0.15) is 10.1 Å². The SMILES string of the molecule is CCCCN1C(=O)/C(=C/c2ccc(OCC(=O)Nc3cccc(C(F)(F)F)c3)c(Cl)c2)SC1=S. The molecule has 3 rings (SSSR count). The molecular weight excluding hydrogens is 509 g/mol. The number of halogens is 4. The molecular formula is C23H20ClF3N2O3S2. The van der Waals surface area contributed by atoms with E-state index >= 15 is 0 Å². The summed E-state index contributed by atoms with van der Waals surface area (Å²) >= 11 is 12.8. The van der Waals surface area contributed by atoms with Crippen molar-refractivity contribution in [3.05, 3.63) is 63.5 Å². The summed E-state index contributed by atoms with van der Waals surface area (Å²) in [7, 11) is 0. The number of thiocarbonyl (C=S) groups is 1. The average molecular weight is 529 g/mol. The number of amides is 2. The molecule has 1 aliphatic heterocycles. The first kappa shape index (κ1) is 26.1. The Kier molecular flexibility index (Phi) is 8.62. The highest BCUT2D eigenvalue weighted by Gasteiger charge is 2.32. The smallest absolute Gasteiger partial charge is 0.416 e. The van der Waals surface area contributed by atoms with Crippen LogP contribution in [0.4, 0.5) is 18.9 Å². The van der Waals surface area contributed by atoms with Gasteiger partial charge in [0.2, 0.25) is 0 Å². The zero-order valence-electron chi connectivity index (χ0n) is 17.9. The van der Waals surface area contributed by atoms with Gasteiger partial charge in [0, 0.05) is 12.2 Å². The number of alkyl halides is 3. The molecule has 2 amide bonds. The van der Waals surface area contributed by atoms with Crippen molar-refractivity contribution in [1.29, 1.82) is 0 Å². The van der Waals surface area contributed by atoms with Gasteiger partial charge in [-0.2, -0.15) is 13.2 Å². The van der Waals surface area contributed by atoms with Gasteiger partial charge in [-0.3, -0.25) is 14.5 Å². The van der Waals surface area contributed by atoms with E-state index < -0.39 is 24.3 Å². The van der Waals surface area contributed by atoms with Gasteiger partial charge in [0.15, 0.2) is 6.61 Å². The third kappa shape index (κ3) is 6.74. The molecule has 0 aromatic heterocycles. The Morgan fingerprint density at radius 2 is 2.03 bits per heavy atom. The van der Waals surface area contributed by atoms with Crippen LogP contribution in [0.2, 0.25) is 5.02 Å². The molecule has 0 atom stereocenters. The minimum atomic E-state index is -4.51. The first-order valence-corrected chi connectivity index (χ1v) is 11.8. The van der Waals surface area contributed by atoms with Crippen LogP contribution in [-0.4, -0.2) is 34.2 Å². The summed E-state index contributed by atoms with van der Waals surface area (Å²) in [5.41, 5.74) is -0.213. The molecule has 1 heterocycles. The predicted octanol–water partition coefficient (Wildman–Crippen LogP) is 6.38. The van der Waals surface area contributed by atoms with Crippen molar-refractivity contribution in [2.45, 2.75) is 25.9 Å². The lowest BCUT2D eigenvalue weighted by molar-refractivity contribution is -0.137. The lowest BCUT2D eigenvalue weighted by Gasteiger charge is -2.13. The van der Waals surface area contributed by atoms with Crippen LogP contribution in [0.15, 0.2) is 47.4 Å². The van der Waals surface area contributed by atoms with Crippen molar-refractivity contribution in [2.24, 2.45) is 0 Å². The van der Waals surface area contributed by atoms with Crippen molar-refractivity contribution in [2.75, 3.05) is 18.5 Å². The van der Waals surface area contributed by atoms with E-state index in [2.05, 4.69) is 5.32 Å². The lowest BCUT2D eigenvalue weighted by Crippen LogP contribution is -2.28. The maximum Gasteiger partial charge on any atom is 0.416 e. The zero-order valence-corrected chi connectivity index (χ0v) is 20.3. The molecule has 2 aromatic rings. The maximum absolute atomic E-state index is 12.8. The van der Waals surface area contributed by atoms with E-state index in [1.54, 1.807) is 29.2 Å². The molecule has 1 aliphatic rings. The maximum atomic E-state index is 12.8. The number of nitrogens with zero attached hydrogens (tertiary/aromatic N) is 1. The number of nitrogens with one attached hydrogen (secondary N) is 1. The predicted molar refractivity (Wildman–Crippen MR) is 132 cm³/mol. The number of benzene rings is 2. The number of hydrogen-bond donors (Lipinski definition) is 1. The van der Waals surface area contributed by atoms with E-state index in [1.165, 1.54) is 23.9 Å². The molecule has 1 fully saturated rings. The Labute approximate surface area is 209 Å². The Balaban J connectivity index is 1.61. The summed E-state index contributed by atoms with van der Waals surface area (Å²) in [6.07, 6.45) is -1.02. The number of rotatable bonds is 8. The normalized spacial score (nSPS) is 15.2. The molecule has 0 bridgehead atoms. The van der Waals surface area contributed by atoms with Crippen LogP contribution in [0.5, 0.6) is 5.75 Å². The Morgan fingerprint density at radius 1 is 1.26 bits per heavy atom. The summed E-state index contributed by atoms with van der Waals surface area (Å²) in [6.45, 7) is 2.16. The van der Waals surface area contributed by atoms with Crippen LogP contribution < -0.4 is 10.1 Å². The molecule has 5 nitrogen and oxygen atoms in total. The van der Waals surface area contributed by atoms with Crippen molar-refractivity contribution < 1.29 is 27.5 Å². The highest BCUT2D eigenvalue weighted by atomic mass is 35.5. The number of ether oxygens (including phenoxy) is 1. The van der Waals surface area contributed by atoms with Gasteiger partial charge in [-0.15, -0.1) is 0 Å². The van der Waals surface area contributed by atoms with Crippen LogP contribution in [-0.2, 0) is 15.8 Å². The Morgan fingerprint density at radius 3 is 2.71 bits per heavy atom. The topological polar surface area (TPSA) is 58.6 Å². The van der Waals surface area contributed by atoms with Crippen molar-refractivity contribution in [3.8, 4) is 5.75 Å². The quantitative estimate of drug-likeness (QED) is 0.318. The molecule has 0 saturated carbocycles. The molecule has 1 N–H and O–H groups in total. The molecule has 0 aliphatic carbocycles. The first-order chi connectivity index (χ1) is 16.1. The molecule has 34 heavy (non-hydrogen) atoms. The number of anilines is 1. The van der Waals surface area contributed by atoms with E-state index in [1.807, 2.05) is 6.92 Å². The van der Waals surface area contributed by atoms with Crippen molar-refractivity contribution in [3.63, 3.8) is 0 Å². The lowest BCUT2D eigenvalue weighted by atomic mass is 10.2. The van der Waals surface area contributed by atoms with E-state index in [4.69, 9.17) is 28.6 Å². The minimum Gasteiger partial charge on any atom is -0.482 e. The van der Waals surface area contributed by atoms with Gasteiger partial charge in [-0.1, -0.05) is 61.1 Å². The van der Waals surface area contributed by atoms with Gasteiger partial charge in [-0.25, -0.2) is 0 Å². The average Bonchev–Trinajstić information content (AvgIpc) is 3.03. The standard InChI is InChI=1S/C23H20ClF3N2O3S2/c1-2-3-9-29-21(31)19(34-22(29)33)11-14-7-8-18(17(24)10-14)32-13-20(30)28-16-6-4-5-15(12-16)23(25,26)27/h4-8,10-12H,2-3,9,13H2,1H3,(H,28,30)/b19-11-. The number of thioether (sulfide) groups is 1. The third-order valence-corrected chi connectivity index (χ3v) is 6.37. The van der Waals surface area contributed by atoms with Crippen molar-refractivity contribution in [1.82, 2.24) is 4.90 Å². The molecule has 2 aromatic carbocycles. The number of carbonyl (C=O) groups is 2. The van der Waals surface area contributed by atoms with E-state index in [-0.39, 0.29) is 22.4 Å². The molecule has 0 radical (unpaired) electrons. The Hall–Kier alpha value is -2.56. The van der Waals surface area contributed by atoms with Crippen molar-refractivity contribution >= 4 is 63.5 Å². The zero-order chi connectivity index (χ0) is 24.9. The van der Waals surface area contributed by atoms with Crippen LogP contribution in [0.1, 0.15) is 30.9 Å². The molecule has 180 valence electrons. The van der Waals surface area contributed by atoms with Gasteiger partial charge >= 0.3 is 6.18 Å². The molecule has 0 unspecified atom stereocenters. The first-order valence-electron chi connectivity index (χ1n) is 10.2. The highest BCUT2D eigenvalue weighted by Crippen LogP contribution is 2.34. The van der Waals surface area contributed by atoms with E-state index in [0.717, 1.165) is 25.0 Å². The van der Waals surface area contributed by atoms with Gasteiger partial charge in [0.05, 0.1) is 15.5 Å². The number of carbonyl (C=O) groups excluding carboxylic acids is 2. The summed E-state index contributed by atoms with van der Waals surface area (Å²) in [4.78, 5) is 26.7. The van der Waals surface area contributed by atoms with Crippen LogP contribution in [0.3, 0.4) is 0 Å². The van der Waals surface area contributed by atoms with Gasteiger partial charge < -0.3 is 10.1 Å². The summed E-state index contributed by atoms with van der Waals surface area (Å²) < 4.78 is 44.3. The highest BCUT2D eigenvalue weighted by molar-refractivity contribution is 8.26.